The second kappa shape index (κ2) is 9.35. The average molecular weight is 437 g/mol. The number of hydrogen-bond donors (Lipinski definition) is 3. The van der Waals surface area contributed by atoms with Crippen LogP contribution in [0.2, 0.25) is 0 Å². The molecule has 0 bridgehead atoms. The maximum Gasteiger partial charge on any atom is 1.00 e. The molecule has 0 unspecified atom stereocenters. The molecule has 0 aromatic heterocycles. The van der Waals surface area contributed by atoms with Crippen LogP contribution in [-0.4, -0.2) is 57.9 Å². The van der Waals surface area contributed by atoms with Crippen LogP contribution >= 0.6 is 0 Å². The third-order valence-electron chi connectivity index (χ3n) is 5.31. The van der Waals surface area contributed by atoms with Crippen molar-refractivity contribution in [1.29, 1.82) is 0 Å². The number of aliphatic hydroxyl groups excluding tert-OH is 3. The molecule has 2 aliphatic rings. The summed E-state index contributed by atoms with van der Waals surface area (Å²) < 4.78 is 5.05. The van der Waals surface area contributed by atoms with E-state index in [9.17, 15) is 30.0 Å². The Hall–Kier alpha value is -1.82. The molecule has 4 rings (SSSR count). The number of benzene rings is 2. The first kappa shape index (κ1) is 23.8. The van der Waals surface area contributed by atoms with E-state index < -0.39 is 42.6 Å². The minimum Gasteiger partial charge on any atom is -0.547 e. The number of hydroxylamine groups is 1. The molecule has 1 aliphatic carbocycles. The van der Waals surface area contributed by atoms with Crippen molar-refractivity contribution in [1.82, 2.24) is 0 Å². The number of aliphatic carboxylic acids is 1. The molecule has 0 radical (unpaired) electrons. The van der Waals surface area contributed by atoms with Crippen LogP contribution in [0.15, 0.2) is 42.5 Å². The van der Waals surface area contributed by atoms with Crippen LogP contribution in [0.3, 0.4) is 0 Å². The minimum atomic E-state index is -1.93. The van der Waals surface area contributed by atoms with Crippen LogP contribution in [-0.2, 0) is 25.6 Å². The summed E-state index contributed by atoms with van der Waals surface area (Å²) >= 11 is 0. The summed E-state index contributed by atoms with van der Waals surface area (Å²) in [6.07, 6.45) is -8.55. The second-order valence-corrected chi connectivity index (χ2v) is 7.31. The van der Waals surface area contributed by atoms with Gasteiger partial charge in [-0.15, -0.1) is 0 Å². The number of carboxylic acids is 1. The first-order chi connectivity index (χ1) is 14.3. The molecule has 158 valence electrons. The first-order valence-corrected chi connectivity index (χ1v) is 9.37. The van der Waals surface area contributed by atoms with Crippen LogP contribution in [0.25, 0.3) is 11.1 Å². The van der Waals surface area contributed by atoms with Crippen molar-refractivity contribution in [2.45, 2.75) is 44.1 Å². The van der Waals surface area contributed by atoms with E-state index in [0.29, 0.717) is 12.1 Å². The van der Waals surface area contributed by atoms with Crippen LogP contribution in [0.4, 0.5) is 5.69 Å². The van der Waals surface area contributed by atoms with Crippen molar-refractivity contribution >= 4 is 17.6 Å². The summed E-state index contributed by atoms with van der Waals surface area (Å²) in [4.78, 5) is 28.8. The van der Waals surface area contributed by atoms with Crippen LogP contribution in [0, 0.1) is 0 Å². The number of amides is 1. The zero-order valence-electron chi connectivity index (χ0n) is 17.0. The fourth-order valence-corrected chi connectivity index (χ4v) is 3.81. The van der Waals surface area contributed by atoms with Crippen molar-refractivity contribution in [3.05, 3.63) is 53.6 Å². The molecule has 10 heteroatoms. The molecule has 5 atom stereocenters. The van der Waals surface area contributed by atoms with Gasteiger partial charge in [-0.3, -0.25) is 4.79 Å². The Morgan fingerprint density at radius 3 is 2.39 bits per heavy atom. The summed E-state index contributed by atoms with van der Waals surface area (Å²) in [7, 11) is 0. The van der Waals surface area contributed by atoms with Gasteiger partial charge in [-0.2, -0.15) is 5.06 Å². The number of rotatable bonds is 4. The molecule has 31 heavy (non-hydrogen) atoms. The first-order valence-electron chi connectivity index (χ1n) is 9.37. The van der Waals surface area contributed by atoms with E-state index in [1.807, 2.05) is 30.3 Å². The summed E-state index contributed by atoms with van der Waals surface area (Å²) in [6, 6.07) is 13.2. The molecule has 2 aromatic rings. The second-order valence-electron chi connectivity index (χ2n) is 7.31. The van der Waals surface area contributed by atoms with Crippen LogP contribution in [0.1, 0.15) is 18.1 Å². The van der Waals surface area contributed by atoms with Crippen LogP contribution in [0.5, 0.6) is 0 Å². The number of fused-ring (bicyclic) bond motifs is 3. The molecule has 1 saturated heterocycles. The van der Waals surface area contributed by atoms with Crippen molar-refractivity contribution in [3.63, 3.8) is 0 Å². The number of carboxylic acid groups (broad SMARTS) is 1. The van der Waals surface area contributed by atoms with Crippen molar-refractivity contribution in [2.24, 2.45) is 0 Å². The number of aliphatic hydroxyl groups is 3. The third-order valence-corrected chi connectivity index (χ3v) is 5.31. The van der Waals surface area contributed by atoms with Crippen molar-refractivity contribution in [3.8, 4) is 11.1 Å². The number of anilines is 1. The Morgan fingerprint density at radius 1 is 1.03 bits per heavy atom. The summed E-state index contributed by atoms with van der Waals surface area (Å²) in [5.41, 5.74) is 4.60. The van der Waals surface area contributed by atoms with Crippen molar-refractivity contribution in [2.75, 3.05) is 5.06 Å². The molecule has 1 heterocycles. The zero-order valence-corrected chi connectivity index (χ0v) is 19.0. The minimum absolute atomic E-state index is 0. The standard InChI is InChI=1S/C21H21NO8.Na/c1-10(23)22(30-21-18(26)16(24)17(25)19(29-21)20(27)28)13-6-7-15-12(9-13)8-11-4-2-3-5-14(11)15;/h2-7,9,16-19,21,24-26H,8H2,1H3,(H,27,28);/q;+1/p-1/t16-,17-,18+,19-,21-;/m0./s1. The number of carbonyl (C=O) groups excluding carboxylic acids is 2. The van der Waals surface area contributed by atoms with E-state index in [0.717, 1.165) is 27.3 Å². The summed E-state index contributed by atoms with van der Waals surface area (Å²) in [6.45, 7) is 1.22. The van der Waals surface area contributed by atoms with E-state index in [-0.39, 0.29) is 29.6 Å². The molecule has 1 aliphatic heterocycles. The van der Waals surface area contributed by atoms with Gasteiger partial charge in [0.15, 0.2) is 0 Å². The summed E-state index contributed by atoms with van der Waals surface area (Å²) in [5.74, 6) is -2.35. The maximum absolute atomic E-state index is 12.2. The van der Waals surface area contributed by atoms with E-state index in [4.69, 9.17) is 9.57 Å². The van der Waals surface area contributed by atoms with Crippen molar-refractivity contribution < 1.29 is 69.1 Å². The van der Waals surface area contributed by atoms with Gasteiger partial charge in [0.25, 0.3) is 0 Å². The van der Waals surface area contributed by atoms with E-state index in [1.165, 1.54) is 6.92 Å². The quantitative estimate of drug-likeness (QED) is 0.278. The van der Waals surface area contributed by atoms with Gasteiger partial charge >= 0.3 is 29.6 Å². The monoisotopic (exact) mass is 437 g/mol. The molecule has 0 spiro atoms. The molecule has 0 saturated carbocycles. The molecular weight excluding hydrogens is 417 g/mol. The fourth-order valence-electron chi connectivity index (χ4n) is 3.81. The maximum atomic E-state index is 12.2. The normalized spacial score (nSPS) is 26.4. The number of nitrogens with zero attached hydrogens (tertiary/aromatic N) is 1. The molecule has 1 fully saturated rings. The molecule has 3 N–H and O–H groups in total. The Balaban J connectivity index is 0.00000272. The average Bonchev–Trinajstić information content (AvgIpc) is 3.08. The Morgan fingerprint density at radius 2 is 1.71 bits per heavy atom. The fraction of sp³-hybridized carbons (Fsp3) is 0.333. The van der Waals surface area contributed by atoms with E-state index >= 15 is 0 Å². The van der Waals surface area contributed by atoms with Gasteiger partial charge in [-0.25, -0.2) is 4.84 Å². The SMILES string of the molecule is CC(=O)N(O[C@@H]1O[C@H](C(=O)[O-])[C@@H](O)[C@H](O)[C@H]1O)c1ccc2c(c1)Cc1ccccc1-2.[Na+]. The predicted octanol–water partition coefficient (Wildman–Crippen LogP) is -3.90. The third kappa shape index (κ3) is 4.41. The van der Waals surface area contributed by atoms with Gasteiger partial charge in [-0.05, 0) is 40.8 Å². The Kier molecular flexibility index (Phi) is 7.19. The zero-order chi connectivity index (χ0) is 21.6. The van der Waals surface area contributed by atoms with E-state index in [1.54, 1.807) is 12.1 Å². The van der Waals surface area contributed by atoms with Gasteiger partial charge in [0, 0.05) is 6.92 Å². The van der Waals surface area contributed by atoms with Gasteiger partial charge in [0.2, 0.25) is 12.2 Å². The van der Waals surface area contributed by atoms with E-state index in [2.05, 4.69) is 0 Å². The number of carbonyl (C=O) groups is 2. The van der Waals surface area contributed by atoms with Gasteiger partial charge in [0.05, 0.1) is 11.7 Å². The summed E-state index contributed by atoms with van der Waals surface area (Å²) in [5, 5.41) is 41.9. The van der Waals surface area contributed by atoms with Crippen LogP contribution < -0.4 is 39.7 Å². The topological polar surface area (TPSA) is 140 Å². The smallest absolute Gasteiger partial charge is 0.547 e. The number of hydrogen-bond acceptors (Lipinski definition) is 8. The molecule has 2 aromatic carbocycles. The van der Waals surface area contributed by atoms with Gasteiger partial charge in [-0.1, -0.05) is 30.3 Å². The van der Waals surface area contributed by atoms with Gasteiger partial charge in [0.1, 0.15) is 24.4 Å². The molecular formula is C21H20NNaO8. The Labute approximate surface area is 200 Å². The molecule has 9 nitrogen and oxygen atoms in total. The molecule has 1 amide bonds. The van der Waals surface area contributed by atoms with Gasteiger partial charge < -0.3 is 30.0 Å². The number of ether oxygens (including phenoxy) is 1. The Bertz CT molecular complexity index is 999. The predicted molar refractivity (Wildman–Crippen MR) is 101 cm³/mol. The largest absolute Gasteiger partial charge is 1.00 e.